The summed E-state index contributed by atoms with van der Waals surface area (Å²) in [5.41, 5.74) is 3.98. The maximum Gasteiger partial charge on any atom is 0.364 e. The van der Waals surface area contributed by atoms with Crippen molar-refractivity contribution in [3.63, 3.8) is 0 Å². The van der Waals surface area contributed by atoms with Crippen LogP contribution in [0.1, 0.15) is 24.6 Å². The van der Waals surface area contributed by atoms with E-state index >= 15 is 0 Å². The molecule has 9 heteroatoms. The van der Waals surface area contributed by atoms with E-state index in [1.807, 2.05) is 0 Å². The number of nitrogen functional groups attached to an aromatic ring is 1. The molecular formula is C10H11F2N3O4. The van der Waals surface area contributed by atoms with E-state index in [9.17, 15) is 23.7 Å². The molecule has 1 aromatic rings. The molecule has 1 rings (SSSR count). The topological polar surface area (TPSA) is 108 Å². The fourth-order valence-electron chi connectivity index (χ4n) is 1.37. The summed E-state index contributed by atoms with van der Waals surface area (Å²) in [6.45, 7) is 1.65. The molecule has 1 heterocycles. The number of hydrogen-bond donors (Lipinski definition) is 1. The number of esters is 1. The van der Waals surface area contributed by atoms with Gasteiger partial charge >= 0.3 is 11.8 Å². The van der Waals surface area contributed by atoms with Crippen LogP contribution in [0.15, 0.2) is 6.07 Å². The molecule has 0 unspecified atom stereocenters. The van der Waals surface area contributed by atoms with E-state index in [0.29, 0.717) is 6.07 Å². The van der Waals surface area contributed by atoms with Crippen molar-refractivity contribution in [1.82, 2.24) is 4.98 Å². The third-order valence-electron chi connectivity index (χ3n) is 2.20. The lowest BCUT2D eigenvalue weighted by Crippen LogP contribution is -2.13. The summed E-state index contributed by atoms with van der Waals surface area (Å²) < 4.78 is 30.0. The molecule has 0 spiro atoms. The highest BCUT2D eigenvalue weighted by Crippen LogP contribution is 2.30. The predicted octanol–water partition coefficient (Wildman–Crippen LogP) is 1.62. The first-order valence-corrected chi connectivity index (χ1v) is 5.24. The van der Waals surface area contributed by atoms with Gasteiger partial charge in [0.1, 0.15) is 6.42 Å². The van der Waals surface area contributed by atoms with Crippen LogP contribution in [0, 0.1) is 10.1 Å². The van der Waals surface area contributed by atoms with Crippen LogP contribution < -0.4 is 5.73 Å². The Bertz CT molecular complexity index is 508. The SMILES string of the molecule is CCOC(=O)Cc1nc([N+](=O)[O-])cc(C(F)F)c1N. The van der Waals surface area contributed by atoms with Crippen molar-refractivity contribution in [2.75, 3.05) is 12.3 Å². The summed E-state index contributed by atoms with van der Waals surface area (Å²) >= 11 is 0. The van der Waals surface area contributed by atoms with Gasteiger partial charge in [-0.05, 0) is 16.8 Å². The third-order valence-corrected chi connectivity index (χ3v) is 2.20. The number of ether oxygens (including phenoxy) is 1. The van der Waals surface area contributed by atoms with E-state index in [1.54, 1.807) is 6.92 Å². The second-order valence-corrected chi connectivity index (χ2v) is 3.47. The molecule has 0 aliphatic heterocycles. The van der Waals surface area contributed by atoms with E-state index in [-0.39, 0.29) is 12.3 Å². The Labute approximate surface area is 106 Å². The lowest BCUT2D eigenvalue weighted by molar-refractivity contribution is -0.389. The second kappa shape index (κ2) is 6.03. The molecule has 1 aromatic heterocycles. The van der Waals surface area contributed by atoms with Gasteiger partial charge in [0.25, 0.3) is 6.43 Å². The van der Waals surface area contributed by atoms with Gasteiger partial charge in [0, 0.05) is 6.07 Å². The minimum atomic E-state index is -3.00. The predicted molar refractivity (Wildman–Crippen MR) is 60.6 cm³/mol. The fourth-order valence-corrected chi connectivity index (χ4v) is 1.37. The molecule has 0 aliphatic rings. The molecule has 0 radical (unpaired) electrons. The Morgan fingerprint density at radius 3 is 2.74 bits per heavy atom. The number of alkyl halides is 2. The first kappa shape index (κ1) is 14.7. The van der Waals surface area contributed by atoms with E-state index in [0.717, 1.165) is 0 Å². The number of rotatable bonds is 5. The summed E-state index contributed by atoms with van der Waals surface area (Å²) in [7, 11) is 0. The van der Waals surface area contributed by atoms with Crippen LogP contribution in [0.2, 0.25) is 0 Å². The zero-order chi connectivity index (χ0) is 14.6. The van der Waals surface area contributed by atoms with Crippen molar-refractivity contribution in [2.45, 2.75) is 19.8 Å². The van der Waals surface area contributed by atoms with Gasteiger partial charge in [-0.15, -0.1) is 0 Å². The molecule has 0 aliphatic carbocycles. The van der Waals surface area contributed by atoms with Crippen LogP contribution in [-0.4, -0.2) is 22.5 Å². The quantitative estimate of drug-likeness (QED) is 0.497. The molecule has 0 amide bonds. The summed E-state index contributed by atoms with van der Waals surface area (Å²) in [5.74, 6) is -1.54. The monoisotopic (exact) mass is 275 g/mol. The maximum atomic E-state index is 12.7. The number of nitrogens with zero attached hydrogens (tertiary/aromatic N) is 2. The smallest absolute Gasteiger partial charge is 0.364 e. The van der Waals surface area contributed by atoms with Gasteiger partial charge < -0.3 is 20.6 Å². The molecule has 0 saturated carbocycles. The highest BCUT2D eigenvalue weighted by atomic mass is 19.3. The summed E-state index contributed by atoms with van der Waals surface area (Å²) in [4.78, 5) is 24.4. The molecule has 0 atom stereocenters. The maximum absolute atomic E-state index is 12.7. The highest BCUT2D eigenvalue weighted by molar-refractivity contribution is 5.75. The summed E-state index contributed by atoms with van der Waals surface area (Å²) in [6, 6.07) is 0.592. The number of nitrogens with two attached hydrogens (primary N) is 1. The van der Waals surface area contributed by atoms with Crippen LogP contribution >= 0.6 is 0 Å². The number of carbonyl (C=O) groups excluding carboxylic acids is 1. The van der Waals surface area contributed by atoms with Gasteiger partial charge in [-0.25, -0.2) is 8.78 Å². The van der Waals surface area contributed by atoms with Crippen LogP contribution in [0.5, 0.6) is 0 Å². The van der Waals surface area contributed by atoms with Gasteiger partial charge in [0.2, 0.25) is 0 Å². The van der Waals surface area contributed by atoms with E-state index < -0.39 is 40.8 Å². The normalized spacial score (nSPS) is 10.5. The van der Waals surface area contributed by atoms with Crippen molar-refractivity contribution in [3.8, 4) is 0 Å². The first-order valence-electron chi connectivity index (χ1n) is 5.24. The average Bonchev–Trinajstić information content (AvgIpc) is 2.31. The number of halogens is 2. The highest BCUT2D eigenvalue weighted by Gasteiger charge is 2.25. The molecule has 0 saturated heterocycles. The summed E-state index contributed by atoms with van der Waals surface area (Å²) in [6.07, 6.45) is -3.50. The molecule has 19 heavy (non-hydrogen) atoms. The molecule has 0 bridgehead atoms. The van der Waals surface area contributed by atoms with Crippen LogP contribution in [0.25, 0.3) is 0 Å². The Hall–Kier alpha value is -2.32. The summed E-state index contributed by atoms with van der Waals surface area (Å²) in [5, 5.41) is 10.6. The minimum Gasteiger partial charge on any atom is -0.466 e. The number of aromatic nitrogens is 1. The van der Waals surface area contributed by atoms with Crippen LogP contribution in [0.3, 0.4) is 0 Å². The van der Waals surface area contributed by atoms with E-state index in [4.69, 9.17) is 5.73 Å². The fraction of sp³-hybridized carbons (Fsp3) is 0.400. The molecular weight excluding hydrogens is 264 g/mol. The zero-order valence-electron chi connectivity index (χ0n) is 9.93. The molecule has 0 fully saturated rings. The number of carbonyl (C=O) groups is 1. The number of anilines is 1. The van der Waals surface area contributed by atoms with Gasteiger partial charge in [0.05, 0.1) is 17.9 Å². The van der Waals surface area contributed by atoms with Gasteiger partial charge in [-0.1, -0.05) is 0 Å². The van der Waals surface area contributed by atoms with E-state index in [1.165, 1.54) is 0 Å². The van der Waals surface area contributed by atoms with Crippen LogP contribution in [0.4, 0.5) is 20.3 Å². The standard InChI is InChI=1S/C10H11F2N3O4/c1-2-19-8(16)4-6-9(13)5(10(11)12)3-7(14-6)15(17)18/h3,10H,2,4,13H2,1H3. The van der Waals surface area contributed by atoms with E-state index in [2.05, 4.69) is 9.72 Å². The first-order chi connectivity index (χ1) is 8.86. The largest absolute Gasteiger partial charge is 0.466 e. The lowest BCUT2D eigenvalue weighted by Gasteiger charge is -2.07. The third kappa shape index (κ3) is 3.57. The Balaban J connectivity index is 3.21. The molecule has 7 nitrogen and oxygen atoms in total. The Kier molecular flexibility index (Phi) is 4.67. The molecule has 0 aromatic carbocycles. The van der Waals surface area contributed by atoms with Gasteiger partial charge in [-0.2, -0.15) is 0 Å². The Morgan fingerprint density at radius 2 is 2.26 bits per heavy atom. The Morgan fingerprint density at radius 1 is 1.63 bits per heavy atom. The second-order valence-electron chi connectivity index (χ2n) is 3.47. The number of nitro groups is 1. The number of hydrogen-bond acceptors (Lipinski definition) is 6. The van der Waals surface area contributed by atoms with Gasteiger partial charge in [-0.3, -0.25) is 4.79 Å². The lowest BCUT2D eigenvalue weighted by atomic mass is 10.1. The van der Waals surface area contributed by atoms with Crippen molar-refractivity contribution in [2.24, 2.45) is 0 Å². The van der Waals surface area contributed by atoms with Crippen molar-refractivity contribution in [1.29, 1.82) is 0 Å². The average molecular weight is 275 g/mol. The molecule has 2 N–H and O–H groups in total. The minimum absolute atomic E-state index is 0.0926. The van der Waals surface area contributed by atoms with Crippen molar-refractivity contribution in [3.05, 3.63) is 27.4 Å². The number of pyridine rings is 1. The van der Waals surface area contributed by atoms with Crippen molar-refractivity contribution >= 4 is 17.5 Å². The van der Waals surface area contributed by atoms with Crippen LogP contribution in [-0.2, 0) is 16.0 Å². The van der Waals surface area contributed by atoms with Crippen molar-refractivity contribution < 1.29 is 23.2 Å². The van der Waals surface area contributed by atoms with Gasteiger partial charge in [0.15, 0.2) is 5.69 Å². The zero-order valence-corrected chi connectivity index (χ0v) is 9.93. The molecule has 104 valence electrons.